The fourth-order valence-corrected chi connectivity index (χ4v) is 3.32. The Hall–Kier alpha value is -1.73. The van der Waals surface area contributed by atoms with Crippen molar-refractivity contribution in [3.8, 4) is 0 Å². The number of hydrogen-bond acceptors (Lipinski definition) is 6. The van der Waals surface area contributed by atoms with Gasteiger partial charge >= 0.3 is 0 Å². The molecular weight excluding hydrogens is 290 g/mol. The Balaban J connectivity index is 1.58. The molecule has 0 unspecified atom stereocenters. The van der Waals surface area contributed by atoms with Crippen molar-refractivity contribution in [1.82, 2.24) is 10.1 Å². The van der Waals surface area contributed by atoms with E-state index in [1.165, 1.54) is 11.3 Å². The molecule has 0 radical (unpaired) electrons. The van der Waals surface area contributed by atoms with Crippen LogP contribution in [0, 0.1) is 13.8 Å². The number of rotatable bonds is 4. The molecule has 0 aliphatic carbocycles. The molecule has 0 aromatic carbocycles. The van der Waals surface area contributed by atoms with Crippen molar-refractivity contribution in [2.24, 2.45) is 0 Å². The first kappa shape index (κ1) is 14.2. The van der Waals surface area contributed by atoms with Crippen molar-refractivity contribution >= 4 is 22.4 Å². The third kappa shape index (κ3) is 3.14. The number of carbonyl (C=O) groups is 1. The summed E-state index contributed by atoms with van der Waals surface area (Å²) in [7, 11) is 0. The zero-order chi connectivity index (χ0) is 14.8. The molecule has 0 saturated carbocycles. The summed E-state index contributed by atoms with van der Waals surface area (Å²) in [5.41, 5.74) is 2.91. The van der Waals surface area contributed by atoms with E-state index < -0.39 is 0 Å². The lowest BCUT2D eigenvalue weighted by molar-refractivity contribution is -0.116. The fraction of sp³-hybridized carbons (Fsp3) is 0.500. The van der Waals surface area contributed by atoms with Crippen molar-refractivity contribution in [2.45, 2.75) is 39.7 Å². The Morgan fingerprint density at radius 3 is 3.00 bits per heavy atom. The van der Waals surface area contributed by atoms with Crippen LogP contribution >= 0.6 is 11.3 Å². The van der Waals surface area contributed by atoms with Gasteiger partial charge in [-0.25, -0.2) is 4.98 Å². The van der Waals surface area contributed by atoms with E-state index in [9.17, 15) is 4.79 Å². The van der Waals surface area contributed by atoms with E-state index in [0.717, 1.165) is 34.0 Å². The summed E-state index contributed by atoms with van der Waals surface area (Å²) in [6.45, 7) is 5.05. The minimum Gasteiger partial charge on any atom is -0.375 e. The summed E-state index contributed by atoms with van der Waals surface area (Å²) in [6, 6.07) is 0. The zero-order valence-corrected chi connectivity index (χ0v) is 12.9. The number of nitrogens with one attached hydrogen (secondary N) is 1. The Labute approximate surface area is 126 Å². The Morgan fingerprint density at radius 1 is 1.43 bits per heavy atom. The molecule has 0 spiro atoms. The zero-order valence-electron chi connectivity index (χ0n) is 12.1. The molecule has 3 heterocycles. The highest BCUT2D eigenvalue weighted by Crippen LogP contribution is 2.27. The highest BCUT2D eigenvalue weighted by Gasteiger charge is 2.17. The van der Waals surface area contributed by atoms with Crippen LogP contribution in [0.15, 0.2) is 4.52 Å². The van der Waals surface area contributed by atoms with E-state index in [0.29, 0.717) is 31.2 Å². The number of anilines is 1. The van der Waals surface area contributed by atoms with Crippen molar-refractivity contribution in [3.63, 3.8) is 0 Å². The maximum Gasteiger partial charge on any atom is 0.226 e. The van der Waals surface area contributed by atoms with Crippen molar-refractivity contribution in [1.29, 1.82) is 0 Å². The first-order valence-electron chi connectivity index (χ1n) is 6.91. The number of fused-ring (bicyclic) bond motifs is 1. The lowest BCUT2D eigenvalue weighted by Crippen LogP contribution is -2.12. The van der Waals surface area contributed by atoms with E-state index in [1.807, 2.05) is 13.8 Å². The summed E-state index contributed by atoms with van der Waals surface area (Å²) < 4.78 is 10.5. The van der Waals surface area contributed by atoms with Crippen LogP contribution in [-0.4, -0.2) is 22.7 Å². The van der Waals surface area contributed by atoms with Crippen molar-refractivity contribution in [2.75, 3.05) is 11.9 Å². The summed E-state index contributed by atoms with van der Waals surface area (Å²) >= 11 is 1.49. The minimum absolute atomic E-state index is 0.0398. The van der Waals surface area contributed by atoms with Gasteiger partial charge in [-0.15, -0.1) is 0 Å². The van der Waals surface area contributed by atoms with Gasteiger partial charge in [-0.05, 0) is 20.3 Å². The molecule has 1 aliphatic rings. The van der Waals surface area contributed by atoms with Crippen LogP contribution in [0.1, 0.15) is 34.0 Å². The molecule has 2 aromatic heterocycles. The number of thiazole rings is 1. The largest absolute Gasteiger partial charge is 0.375 e. The number of nitrogens with zero attached hydrogens (tertiary/aromatic N) is 2. The van der Waals surface area contributed by atoms with E-state index in [1.54, 1.807) is 0 Å². The first-order chi connectivity index (χ1) is 10.1. The van der Waals surface area contributed by atoms with Gasteiger partial charge in [0.15, 0.2) is 5.13 Å². The van der Waals surface area contributed by atoms with Gasteiger partial charge in [-0.3, -0.25) is 4.79 Å². The summed E-state index contributed by atoms with van der Waals surface area (Å²) in [4.78, 5) is 17.6. The second-order valence-corrected chi connectivity index (χ2v) is 6.13. The van der Waals surface area contributed by atoms with Gasteiger partial charge in [-0.1, -0.05) is 16.5 Å². The highest BCUT2D eigenvalue weighted by molar-refractivity contribution is 7.15. The van der Waals surface area contributed by atoms with E-state index in [-0.39, 0.29) is 5.91 Å². The van der Waals surface area contributed by atoms with Crippen LogP contribution in [-0.2, 0) is 29.0 Å². The van der Waals surface area contributed by atoms with Gasteiger partial charge in [0.2, 0.25) is 5.91 Å². The maximum atomic E-state index is 12.0. The standard InChI is InChI=1S/C14H17N3O3S/c1-8-10(9(2)20-17-8)3-4-13(18)16-14-15-11-5-6-19-7-12(11)21-14/h3-7H2,1-2H3,(H,15,16,18). The van der Waals surface area contributed by atoms with E-state index >= 15 is 0 Å². The molecule has 3 rings (SSSR count). The minimum atomic E-state index is -0.0398. The maximum absolute atomic E-state index is 12.0. The quantitative estimate of drug-likeness (QED) is 0.938. The molecule has 7 heteroatoms. The van der Waals surface area contributed by atoms with Gasteiger partial charge < -0.3 is 14.6 Å². The number of ether oxygens (including phenoxy) is 1. The molecule has 21 heavy (non-hydrogen) atoms. The van der Waals surface area contributed by atoms with Crippen LogP contribution in [0.4, 0.5) is 5.13 Å². The van der Waals surface area contributed by atoms with Crippen molar-refractivity contribution < 1.29 is 14.1 Å². The molecule has 6 nitrogen and oxygen atoms in total. The Morgan fingerprint density at radius 2 is 2.29 bits per heavy atom. The lowest BCUT2D eigenvalue weighted by Gasteiger charge is -2.08. The fourth-order valence-electron chi connectivity index (χ4n) is 2.36. The average Bonchev–Trinajstić information content (AvgIpc) is 3.00. The smallest absolute Gasteiger partial charge is 0.226 e. The molecule has 2 aromatic rings. The first-order valence-corrected chi connectivity index (χ1v) is 7.73. The van der Waals surface area contributed by atoms with Crippen LogP contribution in [0.5, 0.6) is 0 Å². The Bertz CT molecular complexity index is 619. The summed E-state index contributed by atoms with van der Waals surface area (Å²) in [5, 5.41) is 7.41. The predicted octanol–water partition coefficient (Wildman–Crippen LogP) is 2.39. The van der Waals surface area contributed by atoms with Gasteiger partial charge in [0.05, 0.1) is 29.5 Å². The molecule has 1 N–H and O–H groups in total. The second kappa shape index (κ2) is 5.95. The molecule has 1 amide bonds. The van der Waals surface area contributed by atoms with E-state index in [4.69, 9.17) is 9.26 Å². The van der Waals surface area contributed by atoms with Crippen LogP contribution < -0.4 is 5.32 Å². The highest BCUT2D eigenvalue weighted by atomic mass is 32.1. The van der Waals surface area contributed by atoms with Crippen molar-refractivity contribution in [3.05, 3.63) is 27.6 Å². The monoisotopic (exact) mass is 307 g/mol. The SMILES string of the molecule is Cc1noc(C)c1CCC(=O)Nc1nc2c(s1)COCC2. The lowest BCUT2D eigenvalue weighted by atomic mass is 10.1. The van der Waals surface area contributed by atoms with Gasteiger partial charge in [0.25, 0.3) is 0 Å². The normalized spacial score (nSPS) is 14.0. The molecule has 0 saturated heterocycles. The van der Waals surface area contributed by atoms with E-state index in [2.05, 4.69) is 15.5 Å². The molecular formula is C14H17N3O3S. The molecule has 1 aliphatic heterocycles. The molecule has 0 bridgehead atoms. The van der Waals surface area contributed by atoms with Crippen LogP contribution in [0.3, 0.4) is 0 Å². The number of aryl methyl sites for hydroxylation is 2. The number of hydrogen-bond donors (Lipinski definition) is 1. The van der Waals surface area contributed by atoms with Crippen LogP contribution in [0.2, 0.25) is 0 Å². The number of amides is 1. The van der Waals surface area contributed by atoms with Crippen LogP contribution in [0.25, 0.3) is 0 Å². The third-order valence-electron chi connectivity index (χ3n) is 3.52. The molecule has 0 atom stereocenters. The van der Waals surface area contributed by atoms with Gasteiger partial charge in [-0.2, -0.15) is 0 Å². The summed E-state index contributed by atoms with van der Waals surface area (Å²) in [5.74, 6) is 0.740. The third-order valence-corrected chi connectivity index (χ3v) is 4.51. The van der Waals surface area contributed by atoms with Gasteiger partial charge in [0, 0.05) is 18.4 Å². The second-order valence-electron chi connectivity index (χ2n) is 5.04. The topological polar surface area (TPSA) is 77.3 Å². The number of aromatic nitrogens is 2. The Kier molecular flexibility index (Phi) is 4.03. The van der Waals surface area contributed by atoms with Gasteiger partial charge in [0.1, 0.15) is 5.76 Å². The average molecular weight is 307 g/mol. The number of carbonyl (C=O) groups excluding carboxylic acids is 1. The predicted molar refractivity (Wildman–Crippen MR) is 78.4 cm³/mol. The summed E-state index contributed by atoms with van der Waals surface area (Å²) in [6.07, 6.45) is 1.84. The molecule has 112 valence electrons. The molecule has 0 fully saturated rings.